The lowest BCUT2D eigenvalue weighted by Gasteiger charge is -2.01. The molecular formula is C6H8Br2N8. The number of rotatable bonds is 5. The standard InChI is InChI=1S/C6H8Br2N8/c7-5-9-11-13-15(5)3-1-2-4-16-6(8)10-12-14-16/h1-4H2. The summed E-state index contributed by atoms with van der Waals surface area (Å²) >= 11 is 6.50. The van der Waals surface area contributed by atoms with Gasteiger partial charge < -0.3 is 0 Å². The molecule has 0 atom stereocenters. The van der Waals surface area contributed by atoms with Gasteiger partial charge in [0.1, 0.15) is 0 Å². The maximum atomic E-state index is 3.82. The predicted octanol–water partition coefficient (Wildman–Crippen LogP) is 0.665. The summed E-state index contributed by atoms with van der Waals surface area (Å²) in [6, 6.07) is 0. The molecule has 2 heterocycles. The second-order valence-electron chi connectivity index (χ2n) is 3.05. The zero-order valence-electron chi connectivity index (χ0n) is 8.16. The number of aromatic nitrogens is 8. The van der Waals surface area contributed by atoms with Crippen LogP contribution in [0.4, 0.5) is 0 Å². The van der Waals surface area contributed by atoms with Crippen molar-refractivity contribution in [3.05, 3.63) is 9.47 Å². The SMILES string of the molecule is Brc1nnnn1CCCCn1nnnc1Br. The van der Waals surface area contributed by atoms with Crippen molar-refractivity contribution in [3.8, 4) is 0 Å². The molecule has 0 aliphatic rings. The Hall–Kier alpha value is -0.900. The maximum absolute atomic E-state index is 3.82. The fourth-order valence-corrected chi connectivity index (χ4v) is 1.82. The van der Waals surface area contributed by atoms with E-state index in [-0.39, 0.29) is 0 Å². The van der Waals surface area contributed by atoms with Crippen molar-refractivity contribution in [2.24, 2.45) is 0 Å². The molecule has 2 rings (SSSR count). The minimum Gasteiger partial charge on any atom is -0.220 e. The molecule has 0 bridgehead atoms. The highest BCUT2D eigenvalue weighted by atomic mass is 79.9. The van der Waals surface area contributed by atoms with Gasteiger partial charge in [0.05, 0.1) is 0 Å². The van der Waals surface area contributed by atoms with Gasteiger partial charge in [0, 0.05) is 13.1 Å². The van der Waals surface area contributed by atoms with E-state index in [4.69, 9.17) is 0 Å². The summed E-state index contributed by atoms with van der Waals surface area (Å²) in [5, 5.41) is 22.2. The molecule has 0 radical (unpaired) electrons. The van der Waals surface area contributed by atoms with Crippen molar-refractivity contribution < 1.29 is 0 Å². The minimum atomic E-state index is 0.649. The molecule has 0 aliphatic heterocycles. The van der Waals surface area contributed by atoms with Crippen molar-refractivity contribution in [2.45, 2.75) is 25.9 Å². The molecule has 0 saturated heterocycles. The van der Waals surface area contributed by atoms with E-state index < -0.39 is 0 Å². The largest absolute Gasteiger partial charge is 0.220 e. The van der Waals surface area contributed by atoms with Crippen LogP contribution in [0.15, 0.2) is 9.47 Å². The van der Waals surface area contributed by atoms with Gasteiger partial charge in [-0.1, -0.05) is 0 Å². The van der Waals surface area contributed by atoms with E-state index in [0.717, 1.165) is 25.9 Å². The van der Waals surface area contributed by atoms with Crippen molar-refractivity contribution in [1.29, 1.82) is 0 Å². The summed E-state index contributed by atoms with van der Waals surface area (Å²) in [5.41, 5.74) is 0. The monoisotopic (exact) mass is 350 g/mol. The van der Waals surface area contributed by atoms with Gasteiger partial charge in [0.15, 0.2) is 0 Å². The van der Waals surface area contributed by atoms with E-state index >= 15 is 0 Å². The molecule has 0 amide bonds. The smallest absolute Gasteiger partial charge is 0.218 e. The molecule has 0 fully saturated rings. The van der Waals surface area contributed by atoms with E-state index in [1.807, 2.05) is 0 Å². The molecule has 8 nitrogen and oxygen atoms in total. The van der Waals surface area contributed by atoms with Gasteiger partial charge in [-0.05, 0) is 65.6 Å². The lowest BCUT2D eigenvalue weighted by Crippen LogP contribution is -2.05. The minimum absolute atomic E-state index is 0.649. The summed E-state index contributed by atoms with van der Waals surface area (Å²) in [7, 11) is 0. The molecule has 0 unspecified atom stereocenters. The number of hydrogen-bond acceptors (Lipinski definition) is 6. The zero-order chi connectivity index (χ0) is 11.4. The molecule has 10 heteroatoms. The third kappa shape index (κ3) is 2.82. The molecule has 0 spiro atoms. The molecule has 0 saturated carbocycles. The number of aryl methyl sites for hydroxylation is 2. The van der Waals surface area contributed by atoms with Gasteiger partial charge in [-0.3, -0.25) is 0 Å². The van der Waals surface area contributed by atoms with Crippen molar-refractivity contribution >= 4 is 31.9 Å². The van der Waals surface area contributed by atoms with Crippen LogP contribution < -0.4 is 0 Å². The fraction of sp³-hybridized carbons (Fsp3) is 0.667. The highest BCUT2D eigenvalue weighted by Crippen LogP contribution is 2.06. The first-order chi connectivity index (χ1) is 7.77. The molecule has 86 valence electrons. The van der Waals surface area contributed by atoms with Crippen molar-refractivity contribution in [1.82, 2.24) is 40.4 Å². The van der Waals surface area contributed by atoms with Crippen LogP contribution in [-0.2, 0) is 13.1 Å². The van der Waals surface area contributed by atoms with Crippen LogP contribution in [0.2, 0.25) is 0 Å². The summed E-state index contributed by atoms with van der Waals surface area (Å²) in [5.74, 6) is 0. The first-order valence-corrected chi connectivity index (χ1v) is 6.19. The summed E-state index contributed by atoms with van der Waals surface area (Å²) in [6.07, 6.45) is 1.91. The van der Waals surface area contributed by atoms with E-state index in [9.17, 15) is 0 Å². The van der Waals surface area contributed by atoms with Crippen LogP contribution in [0.25, 0.3) is 0 Å². The predicted molar refractivity (Wildman–Crippen MR) is 60.3 cm³/mol. The molecule has 0 N–H and O–H groups in total. The van der Waals surface area contributed by atoms with E-state index in [1.54, 1.807) is 9.36 Å². The third-order valence-corrected chi connectivity index (χ3v) is 3.10. The van der Waals surface area contributed by atoms with Crippen LogP contribution in [0, 0.1) is 0 Å². The molecule has 2 aromatic heterocycles. The Labute approximate surface area is 108 Å². The van der Waals surface area contributed by atoms with E-state index in [1.165, 1.54) is 0 Å². The Morgan fingerprint density at radius 3 is 1.56 bits per heavy atom. The molecule has 0 aromatic carbocycles. The van der Waals surface area contributed by atoms with Crippen molar-refractivity contribution in [2.75, 3.05) is 0 Å². The molecule has 2 aromatic rings. The highest BCUT2D eigenvalue weighted by molar-refractivity contribution is 9.10. The van der Waals surface area contributed by atoms with Gasteiger partial charge >= 0.3 is 0 Å². The second-order valence-corrected chi connectivity index (χ2v) is 4.47. The number of hydrogen-bond donors (Lipinski definition) is 0. The lowest BCUT2D eigenvalue weighted by atomic mass is 10.3. The van der Waals surface area contributed by atoms with Crippen LogP contribution in [-0.4, -0.2) is 40.4 Å². The Bertz CT molecular complexity index is 409. The average molecular weight is 352 g/mol. The van der Waals surface area contributed by atoms with Crippen LogP contribution in [0.5, 0.6) is 0 Å². The van der Waals surface area contributed by atoms with Gasteiger partial charge in [-0.2, -0.15) is 0 Å². The zero-order valence-corrected chi connectivity index (χ0v) is 11.3. The first kappa shape index (κ1) is 11.6. The Morgan fingerprint density at radius 1 is 0.812 bits per heavy atom. The Balaban J connectivity index is 1.74. The average Bonchev–Trinajstić information content (AvgIpc) is 2.84. The van der Waals surface area contributed by atoms with E-state index in [0.29, 0.717) is 9.47 Å². The van der Waals surface area contributed by atoms with Crippen molar-refractivity contribution in [3.63, 3.8) is 0 Å². The van der Waals surface area contributed by atoms with Crippen LogP contribution >= 0.6 is 31.9 Å². The molecule has 16 heavy (non-hydrogen) atoms. The number of unbranched alkanes of at least 4 members (excludes halogenated alkanes) is 1. The normalized spacial score (nSPS) is 10.9. The van der Waals surface area contributed by atoms with E-state index in [2.05, 4.69) is 62.9 Å². The number of nitrogens with zero attached hydrogens (tertiary/aromatic N) is 8. The maximum Gasteiger partial charge on any atom is 0.218 e. The fourth-order valence-electron chi connectivity index (χ4n) is 1.18. The lowest BCUT2D eigenvalue weighted by molar-refractivity contribution is 0.479. The number of tetrazole rings is 2. The number of halogens is 2. The molecule has 0 aliphatic carbocycles. The van der Waals surface area contributed by atoms with Gasteiger partial charge in [-0.15, -0.1) is 10.2 Å². The topological polar surface area (TPSA) is 87.2 Å². The van der Waals surface area contributed by atoms with Crippen LogP contribution in [0.1, 0.15) is 12.8 Å². The third-order valence-electron chi connectivity index (χ3n) is 1.97. The van der Waals surface area contributed by atoms with Gasteiger partial charge in [0.2, 0.25) is 9.47 Å². The highest BCUT2D eigenvalue weighted by Gasteiger charge is 2.03. The molecular weight excluding hydrogens is 344 g/mol. The summed E-state index contributed by atoms with van der Waals surface area (Å²) in [6.45, 7) is 1.54. The Morgan fingerprint density at radius 2 is 1.25 bits per heavy atom. The van der Waals surface area contributed by atoms with Crippen LogP contribution in [0.3, 0.4) is 0 Å². The second kappa shape index (κ2) is 5.43. The summed E-state index contributed by atoms with van der Waals surface area (Å²) in [4.78, 5) is 0. The van der Waals surface area contributed by atoms with Gasteiger partial charge in [0.25, 0.3) is 0 Å². The van der Waals surface area contributed by atoms with Gasteiger partial charge in [-0.25, -0.2) is 9.36 Å². The Kier molecular flexibility index (Phi) is 3.93. The first-order valence-electron chi connectivity index (χ1n) is 4.60. The quantitative estimate of drug-likeness (QED) is 0.735. The summed E-state index contributed by atoms with van der Waals surface area (Å²) < 4.78 is 4.70.